The lowest BCUT2D eigenvalue weighted by molar-refractivity contribution is -0.138. The topological polar surface area (TPSA) is 38.3 Å². The minimum atomic E-state index is -0.188. The molecule has 1 aliphatic rings. The molecule has 3 heteroatoms. The highest BCUT2D eigenvalue weighted by atomic mass is 16.5. The maximum atomic E-state index is 11.3. The van der Waals surface area contributed by atoms with Crippen molar-refractivity contribution >= 4 is 5.97 Å². The van der Waals surface area contributed by atoms with Crippen molar-refractivity contribution in [2.45, 2.75) is 33.1 Å². The molecule has 1 heterocycles. The van der Waals surface area contributed by atoms with E-state index >= 15 is 0 Å². The third kappa shape index (κ3) is 2.76. The summed E-state index contributed by atoms with van der Waals surface area (Å²) in [5, 5.41) is 3.24. The van der Waals surface area contributed by atoms with Crippen LogP contribution in [0.3, 0.4) is 0 Å². The molecule has 3 nitrogen and oxygen atoms in total. The van der Waals surface area contributed by atoms with Gasteiger partial charge in [0.05, 0.1) is 12.2 Å². The van der Waals surface area contributed by atoms with Gasteiger partial charge in [-0.15, -0.1) is 0 Å². The van der Waals surface area contributed by atoms with E-state index in [1.54, 1.807) is 0 Å². The van der Waals surface area contributed by atoms with Gasteiger partial charge in [0.2, 0.25) is 0 Å². The molecular formula is C10H17NO2. The second kappa shape index (κ2) is 4.90. The molecule has 1 saturated heterocycles. The molecule has 13 heavy (non-hydrogen) atoms. The number of carbonyl (C=O) groups is 1. The van der Waals surface area contributed by atoms with Crippen LogP contribution in [0.1, 0.15) is 33.1 Å². The first-order valence-corrected chi connectivity index (χ1v) is 4.86. The van der Waals surface area contributed by atoms with Crippen LogP contribution >= 0.6 is 0 Å². The summed E-state index contributed by atoms with van der Waals surface area (Å²) in [6, 6.07) is 0. The molecule has 1 N–H and O–H groups in total. The van der Waals surface area contributed by atoms with Crippen LogP contribution in [0.4, 0.5) is 0 Å². The number of rotatable bonds is 2. The van der Waals surface area contributed by atoms with Crippen LogP contribution in [0, 0.1) is 0 Å². The zero-order valence-corrected chi connectivity index (χ0v) is 8.35. The molecule has 74 valence electrons. The predicted molar refractivity (Wildman–Crippen MR) is 51.2 cm³/mol. The lowest BCUT2D eigenvalue weighted by Gasteiger charge is -2.18. The van der Waals surface area contributed by atoms with Crippen molar-refractivity contribution in [2.75, 3.05) is 13.2 Å². The Morgan fingerprint density at radius 2 is 2.31 bits per heavy atom. The van der Waals surface area contributed by atoms with E-state index < -0.39 is 0 Å². The second-order valence-electron chi connectivity index (χ2n) is 3.21. The third-order valence-corrected chi connectivity index (χ3v) is 2.23. The summed E-state index contributed by atoms with van der Waals surface area (Å²) in [6.07, 6.45) is 3.34. The van der Waals surface area contributed by atoms with Gasteiger partial charge in [-0.25, -0.2) is 4.79 Å². The van der Waals surface area contributed by atoms with Crippen LogP contribution in [-0.2, 0) is 9.53 Å². The minimum absolute atomic E-state index is 0.188. The van der Waals surface area contributed by atoms with Gasteiger partial charge in [0.15, 0.2) is 0 Å². The van der Waals surface area contributed by atoms with Crippen molar-refractivity contribution in [1.82, 2.24) is 5.32 Å². The first-order valence-electron chi connectivity index (χ1n) is 4.86. The molecule has 0 spiro atoms. The van der Waals surface area contributed by atoms with Gasteiger partial charge in [0.25, 0.3) is 0 Å². The van der Waals surface area contributed by atoms with E-state index in [0.717, 1.165) is 24.2 Å². The Bertz CT molecular complexity index is 213. The largest absolute Gasteiger partial charge is 0.463 e. The summed E-state index contributed by atoms with van der Waals surface area (Å²) in [5.41, 5.74) is 1.80. The number of carbonyl (C=O) groups excluding carboxylic acids is 1. The highest BCUT2D eigenvalue weighted by Gasteiger charge is 2.13. The van der Waals surface area contributed by atoms with Crippen LogP contribution in [0.5, 0.6) is 0 Å². The molecule has 1 fully saturated rings. The molecule has 0 radical (unpaired) electrons. The molecule has 0 aliphatic carbocycles. The lowest BCUT2D eigenvalue weighted by atomic mass is 10.1. The van der Waals surface area contributed by atoms with Gasteiger partial charge in [-0.1, -0.05) is 0 Å². The highest BCUT2D eigenvalue weighted by molar-refractivity contribution is 5.88. The van der Waals surface area contributed by atoms with Crippen LogP contribution in [-0.4, -0.2) is 19.1 Å². The summed E-state index contributed by atoms with van der Waals surface area (Å²) < 4.78 is 4.92. The van der Waals surface area contributed by atoms with Crippen LogP contribution in [0.25, 0.3) is 0 Å². The Morgan fingerprint density at radius 3 is 2.85 bits per heavy atom. The standard InChI is InChI=1S/C10H17NO2/c1-3-13-10(12)8(2)9-6-4-5-7-11-9/h11H,3-7H2,1-2H3/b9-8+. The maximum absolute atomic E-state index is 11.3. The van der Waals surface area contributed by atoms with E-state index in [2.05, 4.69) is 5.32 Å². The zero-order chi connectivity index (χ0) is 9.68. The quantitative estimate of drug-likeness (QED) is 0.522. The van der Waals surface area contributed by atoms with Crippen molar-refractivity contribution in [3.63, 3.8) is 0 Å². The van der Waals surface area contributed by atoms with Crippen molar-refractivity contribution < 1.29 is 9.53 Å². The summed E-state index contributed by atoms with van der Waals surface area (Å²) in [7, 11) is 0. The van der Waals surface area contributed by atoms with E-state index in [4.69, 9.17) is 4.74 Å². The van der Waals surface area contributed by atoms with Crippen LogP contribution < -0.4 is 5.32 Å². The molecule has 0 unspecified atom stereocenters. The lowest BCUT2D eigenvalue weighted by Crippen LogP contribution is -2.23. The molecule has 1 rings (SSSR count). The Morgan fingerprint density at radius 1 is 1.54 bits per heavy atom. The van der Waals surface area contributed by atoms with Crippen LogP contribution in [0.15, 0.2) is 11.3 Å². The number of nitrogens with one attached hydrogen (secondary N) is 1. The number of allylic oxidation sites excluding steroid dienone is 1. The molecule has 0 atom stereocenters. The van der Waals surface area contributed by atoms with Crippen LogP contribution in [0.2, 0.25) is 0 Å². The van der Waals surface area contributed by atoms with E-state index in [1.807, 2.05) is 13.8 Å². The van der Waals surface area contributed by atoms with Gasteiger partial charge < -0.3 is 10.1 Å². The summed E-state index contributed by atoms with van der Waals surface area (Å²) in [4.78, 5) is 11.3. The van der Waals surface area contributed by atoms with Crippen molar-refractivity contribution in [3.05, 3.63) is 11.3 Å². The van der Waals surface area contributed by atoms with E-state index in [-0.39, 0.29) is 5.97 Å². The molecule has 0 aromatic heterocycles. The molecule has 0 amide bonds. The van der Waals surface area contributed by atoms with E-state index in [9.17, 15) is 4.79 Å². The number of piperidine rings is 1. The molecule has 1 aliphatic heterocycles. The second-order valence-corrected chi connectivity index (χ2v) is 3.21. The molecule has 0 bridgehead atoms. The van der Waals surface area contributed by atoms with Gasteiger partial charge in [0.1, 0.15) is 0 Å². The number of hydrogen-bond acceptors (Lipinski definition) is 3. The molecule has 0 aromatic carbocycles. The molecule has 0 aromatic rings. The van der Waals surface area contributed by atoms with Gasteiger partial charge >= 0.3 is 5.97 Å². The van der Waals surface area contributed by atoms with Crippen molar-refractivity contribution in [3.8, 4) is 0 Å². The monoisotopic (exact) mass is 183 g/mol. The first kappa shape index (κ1) is 10.1. The van der Waals surface area contributed by atoms with Gasteiger partial charge in [-0.05, 0) is 33.1 Å². The fourth-order valence-corrected chi connectivity index (χ4v) is 1.44. The smallest absolute Gasteiger partial charge is 0.335 e. The average Bonchev–Trinajstić information content (AvgIpc) is 2.18. The summed E-state index contributed by atoms with van der Waals surface area (Å²) >= 11 is 0. The van der Waals surface area contributed by atoms with Crippen molar-refractivity contribution in [2.24, 2.45) is 0 Å². The Labute approximate surface area is 79.2 Å². The normalized spacial score (nSPS) is 20.5. The SMILES string of the molecule is CCOC(=O)/C(C)=C1\CCCCN1. The highest BCUT2D eigenvalue weighted by Crippen LogP contribution is 2.15. The Kier molecular flexibility index (Phi) is 3.80. The first-order chi connectivity index (χ1) is 6.25. The number of esters is 1. The number of hydrogen-bond donors (Lipinski definition) is 1. The maximum Gasteiger partial charge on any atom is 0.335 e. The Hall–Kier alpha value is -0.990. The fraction of sp³-hybridized carbons (Fsp3) is 0.700. The predicted octanol–water partition coefficient (Wildman–Crippen LogP) is 1.60. The fourth-order valence-electron chi connectivity index (χ4n) is 1.44. The van der Waals surface area contributed by atoms with Gasteiger partial charge in [0, 0.05) is 12.2 Å². The molecular weight excluding hydrogens is 166 g/mol. The summed E-state index contributed by atoms with van der Waals surface area (Å²) in [6.45, 7) is 5.07. The molecule has 0 saturated carbocycles. The zero-order valence-electron chi connectivity index (χ0n) is 8.35. The third-order valence-electron chi connectivity index (χ3n) is 2.23. The van der Waals surface area contributed by atoms with E-state index in [0.29, 0.717) is 6.61 Å². The minimum Gasteiger partial charge on any atom is -0.463 e. The van der Waals surface area contributed by atoms with Gasteiger partial charge in [-0.2, -0.15) is 0 Å². The summed E-state index contributed by atoms with van der Waals surface area (Å²) in [5.74, 6) is -0.188. The van der Waals surface area contributed by atoms with Gasteiger partial charge in [-0.3, -0.25) is 0 Å². The van der Waals surface area contributed by atoms with E-state index in [1.165, 1.54) is 12.8 Å². The van der Waals surface area contributed by atoms with Crippen molar-refractivity contribution in [1.29, 1.82) is 0 Å². The number of ether oxygens (including phenoxy) is 1. The Balaban J connectivity index is 2.60. The average molecular weight is 183 g/mol.